The largest absolute Gasteiger partial charge is 0.453 e. The summed E-state index contributed by atoms with van der Waals surface area (Å²) in [6, 6.07) is 17.1. The summed E-state index contributed by atoms with van der Waals surface area (Å²) in [5.41, 5.74) is -0.405. The van der Waals surface area contributed by atoms with E-state index in [1.54, 1.807) is 48.3 Å². The second-order valence-corrected chi connectivity index (χ2v) is 9.58. The van der Waals surface area contributed by atoms with Crippen molar-refractivity contribution in [2.24, 2.45) is 0 Å². The van der Waals surface area contributed by atoms with Gasteiger partial charge in [0.05, 0.1) is 26.7 Å². The molecule has 1 heterocycles. The highest BCUT2D eigenvalue weighted by molar-refractivity contribution is 6.34. The van der Waals surface area contributed by atoms with Crippen LogP contribution in [0.25, 0.3) is 32.9 Å². The normalized spacial score (nSPS) is 11.6. The number of anilines is 2. The van der Waals surface area contributed by atoms with Crippen LogP contribution in [0.1, 0.15) is 12.5 Å². The number of halogens is 5. The third-order valence-corrected chi connectivity index (χ3v) is 6.70. The van der Waals surface area contributed by atoms with E-state index in [4.69, 9.17) is 36.8 Å². The fourth-order valence-electron chi connectivity index (χ4n) is 4.19. The summed E-state index contributed by atoms with van der Waals surface area (Å²) in [4.78, 5) is 26.4. The molecule has 0 aliphatic carbocycles. The molecule has 0 amide bonds. The highest BCUT2D eigenvalue weighted by Crippen LogP contribution is 2.38. The number of hydrogen-bond donors (Lipinski definition) is 0. The average molecular weight is 588 g/mol. The molecule has 0 aliphatic rings. The van der Waals surface area contributed by atoms with E-state index in [-0.39, 0.29) is 37.9 Å². The van der Waals surface area contributed by atoms with Crippen molar-refractivity contribution >= 4 is 73.5 Å². The van der Waals surface area contributed by atoms with E-state index < -0.39 is 23.3 Å². The van der Waals surface area contributed by atoms with Gasteiger partial charge in [0.15, 0.2) is 16.9 Å². The summed E-state index contributed by atoms with van der Waals surface area (Å²) in [7, 11) is 1.64. The fourth-order valence-corrected chi connectivity index (χ4v) is 4.67. The lowest BCUT2D eigenvalue weighted by Crippen LogP contribution is -2.11. The number of esters is 1. The van der Waals surface area contributed by atoms with Crippen LogP contribution in [0, 0.1) is 0 Å². The number of nitrogens with zero attached hydrogens (tertiary/aromatic N) is 1. The Labute approximate surface area is 234 Å². The van der Waals surface area contributed by atoms with Crippen LogP contribution in [-0.2, 0) is 11.0 Å². The summed E-state index contributed by atoms with van der Waals surface area (Å²) in [5.74, 6) is -0.639. The lowest BCUT2D eigenvalue weighted by atomic mass is 10.1. The van der Waals surface area contributed by atoms with Gasteiger partial charge in [0.25, 0.3) is 0 Å². The summed E-state index contributed by atoms with van der Waals surface area (Å²) < 4.78 is 56.2. The van der Waals surface area contributed by atoms with Crippen molar-refractivity contribution in [1.29, 1.82) is 0 Å². The molecule has 5 rings (SSSR count). The molecule has 0 saturated heterocycles. The predicted molar refractivity (Wildman–Crippen MR) is 148 cm³/mol. The minimum absolute atomic E-state index is 0.0111. The first-order valence-corrected chi connectivity index (χ1v) is 12.4. The van der Waals surface area contributed by atoms with E-state index in [9.17, 15) is 22.8 Å². The van der Waals surface area contributed by atoms with Crippen LogP contribution < -0.4 is 15.3 Å². The van der Waals surface area contributed by atoms with Crippen LogP contribution >= 0.6 is 23.2 Å². The molecule has 204 valence electrons. The molecule has 0 bridgehead atoms. The van der Waals surface area contributed by atoms with Gasteiger partial charge >= 0.3 is 17.8 Å². The Balaban J connectivity index is 1.84. The molecule has 11 heteroatoms. The van der Waals surface area contributed by atoms with Crippen LogP contribution in [0.4, 0.5) is 24.5 Å². The van der Waals surface area contributed by atoms with E-state index in [1.807, 2.05) is 0 Å². The van der Waals surface area contributed by atoms with Gasteiger partial charge in [0, 0.05) is 43.2 Å². The molecule has 1 aromatic heterocycles. The molecule has 0 unspecified atom stereocenters. The van der Waals surface area contributed by atoms with Crippen LogP contribution in [0.2, 0.25) is 10.0 Å². The van der Waals surface area contributed by atoms with Gasteiger partial charge in [-0.2, -0.15) is 13.2 Å². The summed E-state index contributed by atoms with van der Waals surface area (Å²) in [6.45, 7) is 1.20. The van der Waals surface area contributed by atoms with E-state index in [2.05, 4.69) is 0 Å². The number of hydrogen-bond acceptors (Lipinski definition) is 6. The van der Waals surface area contributed by atoms with Gasteiger partial charge < -0.3 is 18.5 Å². The van der Waals surface area contributed by atoms with Gasteiger partial charge in [-0.1, -0.05) is 41.4 Å². The van der Waals surface area contributed by atoms with Crippen LogP contribution in [0.3, 0.4) is 0 Å². The van der Waals surface area contributed by atoms with Gasteiger partial charge in [-0.15, -0.1) is 0 Å². The van der Waals surface area contributed by atoms with Crippen molar-refractivity contribution in [1.82, 2.24) is 0 Å². The molecule has 6 nitrogen and oxygen atoms in total. The highest BCUT2D eigenvalue weighted by Gasteiger charge is 2.30. The number of alkyl halides is 3. The third kappa shape index (κ3) is 5.30. The van der Waals surface area contributed by atoms with E-state index in [0.29, 0.717) is 22.1 Å². The zero-order chi connectivity index (χ0) is 28.8. The predicted octanol–water partition coefficient (Wildman–Crippen LogP) is 8.84. The minimum Gasteiger partial charge on any atom is -0.453 e. The minimum atomic E-state index is -4.47. The van der Waals surface area contributed by atoms with Crippen molar-refractivity contribution in [3.05, 3.63) is 98.8 Å². The molecular formula is C29H18Cl2F3NO5. The molecule has 40 heavy (non-hydrogen) atoms. The summed E-state index contributed by atoms with van der Waals surface area (Å²) in [6.07, 6.45) is -4.47. The summed E-state index contributed by atoms with van der Waals surface area (Å²) in [5, 5.41) is 1.38. The number of fused-ring (bicyclic) bond motifs is 4. The smallest absolute Gasteiger partial charge is 0.416 e. The van der Waals surface area contributed by atoms with E-state index in [0.717, 1.165) is 12.1 Å². The lowest BCUT2D eigenvalue weighted by Gasteiger charge is -2.21. The lowest BCUT2D eigenvalue weighted by molar-refractivity contribution is -0.137. The monoisotopic (exact) mass is 587 g/mol. The van der Waals surface area contributed by atoms with Crippen molar-refractivity contribution < 1.29 is 31.5 Å². The molecule has 0 spiro atoms. The first kappa shape index (κ1) is 27.4. The van der Waals surface area contributed by atoms with Crippen molar-refractivity contribution in [3.8, 4) is 5.75 Å². The summed E-state index contributed by atoms with van der Waals surface area (Å²) >= 11 is 12.9. The molecule has 0 aliphatic heterocycles. The molecule has 0 fully saturated rings. The maximum atomic E-state index is 13.2. The van der Waals surface area contributed by atoms with E-state index >= 15 is 0 Å². The Kier molecular flexibility index (Phi) is 7.12. The molecule has 0 saturated carbocycles. The Morgan fingerprint density at radius 2 is 1.48 bits per heavy atom. The second kappa shape index (κ2) is 10.4. The maximum absolute atomic E-state index is 13.2. The van der Waals surface area contributed by atoms with Crippen LogP contribution in [0.15, 0.2) is 86.4 Å². The zero-order valence-corrected chi connectivity index (χ0v) is 22.3. The standard InChI is InChI=1S/C29H18Cl2F3NO5/c1-15(36)38-25-14-27-26(12-22(25)31)40-28(37)19-6-4-3-5-18(19)20-11-21(30)23(13-24(20)39-27)35(2)17-9-7-16(8-10-17)29(32,33)34/h3-14H,1-2H3. The first-order chi connectivity index (χ1) is 18.9. The SMILES string of the molecule is CC(=O)Oc1cc2oc3cc(N(C)c4ccc(C(F)(F)F)cc4)c(Cl)cc3c3ccccc3c(=O)oc2cc1Cl. The number of benzene rings is 4. The number of carbonyl (C=O) groups is 1. The molecule has 0 radical (unpaired) electrons. The molecule has 5 aromatic rings. The fraction of sp³-hybridized carbons (Fsp3) is 0.103. The molecule has 0 atom stereocenters. The topological polar surface area (TPSA) is 72.9 Å². The zero-order valence-electron chi connectivity index (χ0n) is 20.8. The highest BCUT2D eigenvalue weighted by atomic mass is 35.5. The second-order valence-electron chi connectivity index (χ2n) is 8.76. The van der Waals surface area contributed by atoms with Gasteiger partial charge in [0.2, 0.25) is 0 Å². The van der Waals surface area contributed by atoms with Gasteiger partial charge in [-0.05, 0) is 41.8 Å². The number of rotatable bonds is 3. The molecule has 0 N–H and O–H groups in total. The van der Waals surface area contributed by atoms with Gasteiger partial charge in [-0.25, -0.2) is 4.79 Å². The van der Waals surface area contributed by atoms with Gasteiger partial charge in [-0.3, -0.25) is 4.79 Å². The molecule has 4 aromatic carbocycles. The molecular weight excluding hydrogens is 570 g/mol. The first-order valence-electron chi connectivity index (χ1n) is 11.7. The van der Waals surface area contributed by atoms with Crippen molar-refractivity contribution in [2.45, 2.75) is 13.1 Å². The maximum Gasteiger partial charge on any atom is 0.416 e. The number of ether oxygens (including phenoxy) is 1. The third-order valence-electron chi connectivity index (χ3n) is 6.10. The quantitative estimate of drug-likeness (QED) is 0.155. The van der Waals surface area contributed by atoms with Crippen molar-refractivity contribution in [3.63, 3.8) is 0 Å². The van der Waals surface area contributed by atoms with Crippen LogP contribution in [0.5, 0.6) is 5.75 Å². The average Bonchev–Trinajstić information content (AvgIpc) is 2.94. The van der Waals surface area contributed by atoms with Gasteiger partial charge in [0.1, 0.15) is 5.58 Å². The Hall–Kier alpha value is -4.21. The number of carbonyl (C=O) groups excluding carboxylic acids is 1. The van der Waals surface area contributed by atoms with Crippen molar-refractivity contribution in [2.75, 3.05) is 11.9 Å². The Bertz CT molecular complexity index is 1910. The van der Waals surface area contributed by atoms with Crippen LogP contribution in [-0.4, -0.2) is 13.0 Å². The van der Waals surface area contributed by atoms with E-state index in [1.165, 1.54) is 31.2 Å². The Morgan fingerprint density at radius 3 is 2.12 bits per heavy atom. The Morgan fingerprint density at radius 1 is 0.825 bits per heavy atom.